The number of hydrogen-bond donors (Lipinski definition) is 1. The number of halogens is 1. The van der Waals surface area contributed by atoms with Crippen molar-refractivity contribution >= 4 is 33.2 Å². The van der Waals surface area contributed by atoms with Crippen molar-refractivity contribution in [1.82, 2.24) is 10.2 Å². The molecule has 1 amide bonds. The van der Waals surface area contributed by atoms with E-state index in [9.17, 15) is 4.79 Å². The van der Waals surface area contributed by atoms with Gasteiger partial charge in [-0.15, -0.1) is 11.3 Å². The van der Waals surface area contributed by atoms with E-state index in [2.05, 4.69) is 35.1 Å². The largest absolute Gasteiger partial charge is 0.336 e. The molecule has 1 N–H and O–H groups in total. The minimum atomic E-state index is 0.141. The summed E-state index contributed by atoms with van der Waals surface area (Å²) in [5.41, 5.74) is 0.790. The molecule has 88 valence electrons. The lowest BCUT2D eigenvalue weighted by molar-refractivity contribution is 0.0674. The molecule has 0 saturated carbocycles. The molecule has 0 radical (unpaired) electrons. The molecule has 5 heteroatoms. The van der Waals surface area contributed by atoms with Crippen molar-refractivity contribution in [3.05, 3.63) is 20.8 Å². The average Bonchev–Trinajstić information content (AvgIpc) is 2.62. The zero-order valence-electron chi connectivity index (χ0n) is 9.37. The van der Waals surface area contributed by atoms with Crippen LogP contribution in [0.1, 0.15) is 24.2 Å². The van der Waals surface area contributed by atoms with Gasteiger partial charge in [0.05, 0.1) is 9.35 Å². The molecule has 16 heavy (non-hydrogen) atoms. The molecule has 0 aromatic carbocycles. The fourth-order valence-corrected chi connectivity index (χ4v) is 3.23. The first-order chi connectivity index (χ1) is 7.56. The van der Waals surface area contributed by atoms with E-state index in [4.69, 9.17) is 0 Å². The van der Waals surface area contributed by atoms with E-state index < -0.39 is 0 Å². The second-order valence-electron chi connectivity index (χ2n) is 4.32. The summed E-state index contributed by atoms with van der Waals surface area (Å²) in [6.07, 6.45) is 0. The van der Waals surface area contributed by atoms with Gasteiger partial charge >= 0.3 is 0 Å². The summed E-state index contributed by atoms with van der Waals surface area (Å²) in [5, 5.41) is 5.33. The van der Waals surface area contributed by atoms with Crippen LogP contribution in [0.5, 0.6) is 0 Å². The molecule has 3 nitrogen and oxygen atoms in total. The van der Waals surface area contributed by atoms with Crippen LogP contribution in [-0.2, 0) is 0 Å². The van der Waals surface area contributed by atoms with Crippen LogP contribution < -0.4 is 5.32 Å². The quantitative estimate of drug-likeness (QED) is 0.863. The van der Waals surface area contributed by atoms with Crippen molar-refractivity contribution in [2.75, 3.05) is 13.1 Å². The first-order valence-corrected chi connectivity index (χ1v) is 7.03. The molecule has 1 saturated heterocycles. The first kappa shape index (κ1) is 12.1. The molecule has 1 fully saturated rings. The van der Waals surface area contributed by atoms with E-state index in [1.807, 2.05) is 16.3 Å². The molecule has 0 aliphatic carbocycles. The van der Waals surface area contributed by atoms with E-state index >= 15 is 0 Å². The minimum Gasteiger partial charge on any atom is -0.336 e. The first-order valence-electron chi connectivity index (χ1n) is 5.35. The predicted octanol–water partition coefficient (Wildman–Crippen LogP) is 2.33. The summed E-state index contributed by atoms with van der Waals surface area (Å²) in [7, 11) is 0. The van der Waals surface area contributed by atoms with Crippen molar-refractivity contribution in [2.45, 2.75) is 25.9 Å². The lowest BCUT2D eigenvalue weighted by atomic mass is 10.1. The second kappa shape index (κ2) is 4.85. The van der Waals surface area contributed by atoms with E-state index in [0.29, 0.717) is 12.1 Å². The van der Waals surface area contributed by atoms with Gasteiger partial charge in [-0.1, -0.05) is 0 Å². The van der Waals surface area contributed by atoms with Gasteiger partial charge in [0.2, 0.25) is 0 Å². The normalized spacial score (nSPS) is 25.8. The second-order valence-corrected chi connectivity index (χ2v) is 6.61. The number of rotatable bonds is 1. The Morgan fingerprint density at radius 1 is 1.50 bits per heavy atom. The number of carbonyl (C=O) groups is 1. The molecule has 2 rings (SSSR count). The van der Waals surface area contributed by atoms with E-state index in [1.165, 1.54) is 0 Å². The highest BCUT2D eigenvalue weighted by Gasteiger charge is 2.25. The van der Waals surface area contributed by atoms with Crippen LogP contribution in [-0.4, -0.2) is 36.0 Å². The molecular weight excluding hydrogens is 288 g/mol. The molecule has 0 spiro atoms. The number of nitrogens with zero attached hydrogens (tertiary/aromatic N) is 1. The third-order valence-corrected chi connectivity index (χ3v) is 4.16. The molecule has 2 unspecified atom stereocenters. The Labute approximate surface area is 108 Å². The third kappa shape index (κ3) is 2.64. The van der Waals surface area contributed by atoms with Crippen LogP contribution in [0.2, 0.25) is 0 Å². The fraction of sp³-hybridized carbons (Fsp3) is 0.545. The Balaban J connectivity index is 2.09. The van der Waals surface area contributed by atoms with Crippen LogP contribution in [0.3, 0.4) is 0 Å². The maximum absolute atomic E-state index is 12.2. The molecule has 1 aromatic rings. The van der Waals surface area contributed by atoms with E-state index in [0.717, 1.165) is 22.4 Å². The summed E-state index contributed by atoms with van der Waals surface area (Å²) >= 11 is 4.94. The summed E-state index contributed by atoms with van der Waals surface area (Å²) in [4.78, 5) is 14.1. The van der Waals surface area contributed by atoms with Crippen molar-refractivity contribution in [2.24, 2.45) is 0 Å². The van der Waals surface area contributed by atoms with Gasteiger partial charge in [0.25, 0.3) is 5.91 Å². The third-order valence-electron chi connectivity index (χ3n) is 2.66. The topological polar surface area (TPSA) is 32.3 Å². The maximum Gasteiger partial charge on any atom is 0.254 e. The average molecular weight is 303 g/mol. The fourth-order valence-electron chi connectivity index (χ4n) is 2.10. The number of carbonyl (C=O) groups excluding carboxylic acids is 1. The van der Waals surface area contributed by atoms with Gasteiger partial charge in [-0.2, -0.15) is 0 Å². The van der Waals surface area contributed by atoms with Crippen LogP contribution in [0.15, 0.2) is 15.2 Å². The van der Waals surface area contributed by atoms with Gasteiger partial charge in [-0.3, -0.25) is 4.79 Å². The molecule has 1 aliphatic rings. The molecule has 1 aliphatic heterocycles. The van der Waals surface area contributed by atoms with Crippen molar-refractivity contribution in [3.8, 4) is 0 Å². The van der Waals surface area contributed by atoms with E-state index in [-0.39, 0.29) is 5.91 Å². The van der Waals surface area contributed by atoms with Gasteiger partial charge in [0.1, 0.15) is 0 Å². The highest BCUT2D eigenvalue weighted by molar-refractivity contribution is 9.11. The Bertz CT molecular complexity index is 383. The highest BCUT2D eigenvalue weighted by atomic mass is 79.9. The maximum atomic E-state index is 12.2. The monoisotopic (exact) mass is 302 g/mol. The van der Waals surface area contributed by atoms with Crippen LogP contribution >= 0.6 is 27.3 Å². The summed E-state index contributed by atoms with van der Waals surface area (Å²) < 4.78 is 1.01. The summed E-state index contributed by atoms with van der Waals surface area (Å²) in [6, 6.07) is 2.63. The lowest BCUT2D eigenvalue weighted by Gasteiger charge is -2.36. The van der Waals surface area contributed by atoms with Crippen molar-refractivity contribution < 1.29 is 4.79 Å². The molecule has 2 atom stereocenters. The van der Waals surface area contributed by atoms with Crippen molar-refractivity contribution in [3.63, 3.8) is 0 Å². The van der Waals surface area contributed by atoms with Gasteiger partial charge in [-0.25, -0.2) is 0 Å². The van der Waals surface area contributed by atoms with Crippen molar-refractivity contribution in [1.29, 1.82) is 0 Å². The molecule has 0 bridgehead atoms. The van der Waals surface area contributed by atoms with Gasteiger partial charge in [0, 0.05) is 30.6 Å². The van der Waals surface area contributed by atoms with E-state index in [1.54, 1.807) is 11.3 Å². The number of nitrogens with one attached hydrogen (secondary N) is 1. The van der Waals surface area contributed by atoms with Gasteiger partial charge in [0.15, 0.2) is 0 Å². The number of amides is 1. The van der Waals surface area contributed by atoms with Crippen LogP contribution in [0, 0.1) is 0 Å². The van der Waals surface area contributed by atoms with Gasteiger partial charge in [-0.05, 0) is 35.8 Å². The number of piperazine rings is 1. The Hall–Kier alpha value is -0.390. The standard InChI is InChI=1S/C11H15BrN2OS/c1-7-4-14(5-8(2)13-7)11(15)9-3-10(12)16-6-9/h3,6-8,13H,4-5H2,1-2H3. The van der Waals surface area contributed by atoms with Crippen LogP contribution in [0.25, 0.3) is 0 Å². The molecule has 2 heterocycles. The minimum absolute atomic E-state index is 0.141. The Morgan fingerprint density at radius 3 is 2.62 bits per heavy atom. The SMILES string of the molecule is CC1CN(C(=O)c2csc(Br)c2)CC(C)N1. The number of hydrogen-bond acceptors (Lipinski definition) is 3. The zero-order valence-corrected chi connectivity index (χ0v) is 11.8. The van der Waals surface area contributed by atoms with Gasteiger partial charge < -0.3 is 10.2 Å². The molecule has 1 aromatic heterocycles. The molecular formula is C11H15BrN2OS. The summed E-state index contributed by atoms with van der Waals surface area (Å²) in [5.74, 6) is 0.141. The van der Waals surface area contributed by atoms with Crippen LogP contribution in [0.4, 0.5) is 0 Å². The Kier molecular flexibility index (Phi) is 3.66. The zero-order chi connectivity index (χ0) is 11.7. The summed E-state index contributed by atoms with van der Waals surface area (Å²) in [6.45, 7) is 5.80. The Morgan fingerprint density at radius 2 is 2.12 bits per heavy atom. The predicted molar refractivity (Wildman–Crippen MR) is 70.0 cm³/mol. The number of thiophene rings is 1. The lowest BCUT2D eigenvalue weighted by Crippen LogP contribution is -2.55. The smallest absolute Gasteiger partial charge is 0.254 e. The highest BCUT2D eigenvalue weighted by Crippen LogP contribution is 2.22.